The van der Waals surface area contributed by atoms with Gasteiger partial charge in [-0.1, -0.05) is 0 Å². The molecule has 1 aliphatic rings. The number of sulfonamides is 1. The number of hydrogen-bond acceptors (Lipinski definition) is 4. The van der Waals surface area contributed by atoms with Gasteiger partial charge in [0.1, 0.15) is 16.5 Å². The standard InChI is InChI=1S/C10H8F2N2O4S/c11-6-1-2-8(7(12)3-6)19(17,18)14-4-9(15)13-10(16)5-14/h1-3H,4-5H2,(H,13,15,16). The lowest BCUT2D eigenvalue weighted by atomic mass is 10.3. The van der Waals surface area contributed by atoms with E-state index in [0.717, 1.165) is 12.1 Å². The first-order valence-electron chi connectivity index (χ1n) is 5.08. The number of imide groups is 1. The first kappa shape index (κ1) is 13.6. The Morgan fingerprint density at radius 3 is 2.21 bits per heavy atom. The summed E-state index contributed by atoms with van der Waals surface area (Å²) in [6, 6.07) is 1.94. The zero-order valence-corrected chi connectivity index (χ0v) is 10.2. The van der Waals surface area contributed by atoms with Gasteiger partial charge in [0.25, 0.3) is 0 Å². The van der Waals surface area contributed by atoms with E-state index in [1.165, 1.54) is 0 Å². The second-order valence-electron chi connectivity index (χ2n) is 3.82. The zero-order valence-electron chi connectivity index (χ0n) is 9.39. The van der Waals surface area contributed by atoms with Crippen LogP contribution in [0.4, 0.5) is 8.78 Å². The lowest BCUT2D eigenvalue weighted by Crippen LogP contribution is -2.53. The fourth-order valence-electron chi connectivity index (χ4n) is 1.60. The first-order valence-corrected chi connectivity index (χ1v) is 6.52. The summed E-state index contributed by atoms with van der Waals surface area (Å²) in [6.45, 7) is -1.18. The summed E-state index contributed by atoms with van der Waals surface area (Å²) in [5.41, 5.74) is 0. The Balaban J connectivity index is 2.42. The van der Waals surface area contributed by atoms with E-state index in [1.54, 1.807) is 0 Å². The van der Waals surface area contributed by atoms with E-state index in [9.17, 15) is 26.8 Å². The molecule has 1 saturated heterocycles. The van der Waals surface area contributed by atoms with Gasteiger partial charge in [-0.05, 0) is 12.1 Å². The fraction of sp³-hybridized carbons (Fsp3) is 0.200. The molecule has 0 spiro atoms. The maximum absolute atomic E-state index is 13.5. The van der Waals surface area contributed by atoms with Crippen molar-refractivity contribution in [1.82, 2.24) is 9.62 Å². The van der Waals surface area contributed by atoms with E-state index in [-0.39, 0.29) is 0 Å². The van der Waals surface area contributed by atoms with E-state index in [2.05, 4.69) is 0 Å². The van der Waals surface area contributed by atoms with Crippen molar-refractivity contribution in [2.45, 2.75) is 4.90 Å². The number of nitrogens with one attached hydrogen (secondary N) is 1. The number of rotatable bonds is 2. The summed E-state index contributed by atoms with van der Waals surface area (Å²) < 4.78 is 50.8. The lowest BCUT2D eigenvalue weighted by molar-refractivity contribution is -0.134. The number of hydrogen-bond donors (Lipinski definition) is 1. The van der Waals surface area contributed by atoms with Crippen LogP contribution in [0.3, 0.4) is 0 Å². The molecule has 6 nitrogen and oxygen atoms in total. The second kappa shape index (κ2) is 4.67. The third-order valence-corrected chi connectivity index (χ3v) is 4.26. The molecular weight excluding hydrogens is 282 g/mol. The molecule has 9 heteroatoms. The van der Waals surface area contributed by atoms with Crippen molar-refractivity contribution in [2.75, 3.05) is 13.1 Å². The Bertz CT molecular complexity index is 643. The molecule has 1 aromatic carbocycles. The van der Waals surface area contributed by atoms with Crippen LogP contribution >= 0.6 is 0 Å². The van der Waals surface area contributed by atoms with Crippen LogP contribution in [0, 0.1) is 11.6 Å². The number of nitrogens with zero attached hydrogens (tertiary/aromatic N) is 1. The minimum absolute atomic E-state index is 0.415. The Morgan fingerprint density at radius 2 is 1.68 bits per heavy atom. The van der Waals surface area contributed by atoms with Gasteiger partial charge < -0.3 is 0 Å². The number of amides is 2. The van der Waals surface area contributed by atoms with Gasteiger partial charge in [0, 0.05) is 6.07 Å². The minimum Gasteiger partial charge on any atom is -0.294 e. The van der Waals surface area contributed by atoms with E-state index in [0.29, 0.717) is 10.4 Å². The van der Waals surface area contributed by atoms with Crippen LogP contribution in [-0.2, 0) is 19.6 Å². The largest absolute Gasteiger partial charge is 0.294 e. The van der Waals surface area contributed by atoms with E-state index >= 15 is 0 Å². The van der Waals surface area contributed by atoms with Crippen molar-refractivity contribution in [3.8, 4) is 0 Å². The van der Waals surface area contributed by atoms with E-state index in [1.807, 2.05) is 5.32 Å². The van der Waals surface area contributed by atoms with Crippen molar-refractivity contribution >= 4 is 21.8 Å². The van der Waals surface area contributed by atoms with Gasteiger partial charge in [0.2, 0.25) is 21.8 Å². The summed E-state index contributed by atoms with van der Waals surface area (Å²) in [5.74, 6) is -3.81. The molecule has 1 heterocycles. The van der Waals surface area contributed by atoms with Gasteiger partial charge in [0.05, 0.1) is 13.1 Å². The molecule has 1 aliphatic heterocycles. The second-order valence-corrected chi connectivity index (χ2v) is 5.73. The molecular formula is C10H8F2N2O4S. The number of halogens is 2. The molecule has 0 saturated carbocycles. The highest BCUT2D eigenvalue weighted by molar-refractivity contribution is 7.89. The average molecular weight is 290 g/mol. The third-order valence-electron chi connectivity index (χ3n) is 2.43. The van der Waals surface area contributed by atoms with Gasteiger partial charge in [-0.3, -0.25) is 14.9 Å². The molecule has 2 rings (SSSR count). The van der Waals surface area contributed by atoms with Crippen LogP contribution in [-0.4, -0.2) is 37.6 Å². The van der Waals surface area contributed by atoms with Crippen LogP contribution in [0.25, 0.3) is 0 Å². The van der Waals surface area contributed by atoms with Crippen LogP contribution < -0.4 is 5.32 Å². The normalized spacial score (nSPS) is 17.4. The number of carbonyl (C=O) groups is 2. The average Bonchev–Trinajstić information content (AvgIpc) is 2.26. The summed E-state index contributed by atoms with van der Waals surface area (Å²) in [5, 5.41) is 1.92. The predicted molar refractivity (Wildman–Crippen MR) is 58.3 cm³/mol. The molecule has 0 atom stereocenters. The molecule has 1 N–H and O–H groups in total. The topological polar surface area (TPSA) is 83.6 Å². The maximum atomic E-state index is 13.5. The van der Waals surface area contributed by atoms with Crippen molar-refractivity contribution in [2.24, 2.45) is 0 Å². The predicted octanol–water partition coefficient (Wildman–Crippen LogP) is -0.388. The molecule has 0 bridgehead atoms. The van der Waals surface area contributed by atoms with Gasteiger partial charge in [-0.15, -0.1) is 0 Å². The number of benzene rings is 1. The Kier molecular flexibility index (Phi) is 3.33. The molecule has 2 amide bonds. The van der Waals surface area contributed by atoms with Crippen LogP contribution in [0.5, 0.6) is 0 Å². The maximum Gasteiger partial charge on any atom is 0.246 e. The quantitative estimate of drug-likeness (QED) is 0.752. The monoisotopic (exact) mass is 290 g/mol. The molecule has 1 fully saturated rings. The van der Waals surface area contributed by atoms with Crippen LogP contribution in [0.1, 0.15) is 0 Å². The Labute approximate surface area is 107 Å². The van der Waals surface area contributed by atoms with E-state index in [4.69, 9.17) is 0 Å². The summed E-state index contributed by atoms with van der Waals surface area (Å²) in [4.78, 5) is 21.4. The van der Waals surface area contributed by atoms with Gasteiger partial charge in [-0.2, -0.15) is 4.31 Å². The molecule has 0 aromatic heterocycles. The van der Waals surface area contributed by atoms with E-state index < -0.39 is 51.5 Å². The fourth-order valence-corrected chi connectivity index (χ4v) is 3.00. The smallest absolute Gasteiger partial charge is 0.246 e. The number of piperazine rings is 1. The lowest BCUT2D eigenvalue weighted by Gasteiger charge is -2.24. The summed E-state index contributed by atoms with van der Waals surface area (Å²) in [7, 11) is -4.37. The molecule has 0 unspecified atom stereocenters. The number of carbonyl (C=O) groups excluding carboxylic acids is 2. The van der Waals surface area contributed by atoms with Crippen molar-refractivity contribution in [3.63, 3.8) is 0 Å². The molecule has 102 valence electrons. The zero-order chi connectivity index (χ0) is 14.2. The Morgan fingerprint density at radius 1 is 1.11 bits per heavy atom. The van der Waals surface area contributed by atoms with Gasteiger partial charge >= 0.3 is 0 Å². The molecule has 1 aromatic rings. The van der Waals surface area contributed by atoms with Crippen molar-refractivity contribution in [1.29, 1.82) is 0 Å². The first-order chi connectivity index (χ1) is 8.80. The SMILES string of the molecule is O=C1CN(S(=O)(=O)c2ccc(F)cc2F)CC(=O)N1. The molecule has 19 heavy (non-hydrogen) atoms. The van der Waals surface area contributed by atoms with Crippen LogP contribution in [0.2, 0.25) is 0 Å². The molecule has 0 aliphatic carbocycles. The highest BCUT2D eigenvalue weighted by Gasteiger charge is 2.34. The van der Waals surface area contributed by atoms with Crippen LogP contribution in [0.15, 0.2) is 23.1 Å². The summed E-state index contributed by atoms with van der Waals surface area (Å²) >= 11 is 0. The minimum atomic E-state index is -4.37. The van der Waals surface area contributed by atoms with Gasteiger partial charge in [-0.25, -0.2) is 17.2 Å². The van der Waals surface area contributed by atoms with Crippen molar-refractivity contribution in [3.05, 3.63) is 29.8 Å². The highest BCUT2D eigenvalue weighted by Crippen LogP contribution is 2.20. The van der Waals surface area contributed by atoms with Crippen molar-refractivity contribution < 1.29 is 26.8 Å². The summed E-state index contributed by atoms with van der Waals surface area (Å²) in [6.07, 6.45) is 0. The molecule has 0 radical (unpaired) electrons. The highest BCUT2D eigenvalue weighted by atomic mass is 32.2. The van der Waals surface area contributed by atoms with Gasteiger partial charge in [0.15, 0.2) is 0 Å². The third kappa shape index (κ3) is 2.61. The Hall–Kier alpha value is -1.87.